The van der Waals surface area contributed by atoms with Crippen molar-refractivity contribution in [3.8, 4) is 32.0 Å². The Balaban J connectivity index is 1.81. The lowest BCUT2D eigenvalue weighted by molar-refractivity contribution is 0.949. The first kappa shape index (κ1) is 15.5. The third-order valence-corrected chi connectivity index (χ3v) is 6.38. The van der Waals surface area contributed by atoms with Gasteiger partial charge in [0, 0.05) is 22.8 Å². The number of aryl methyl sites for hydroxylation is 1. The van der Waals surface area contributed by atoms with Crippen LogP contribution < -0.4 is 0 Å². The lowest BCUT2D eigenvalue weighted by Gasteiger charge is -2.17. The predicted molar refractivity (Wildman–Crippen MR) is 112 cm³/mol. The first-order chi connectivity index (χ1) is 12.9. The van der Waals surface area contributed by atoms with E-state index >= 15 is 0 Å². The zero-order valence-electron chi connectivity index (χ0n) is 14.5. The summed E-state index contributed by atoms with van der Waals surface area (Å²) in [5, 5.41) is 0. The van der Waals surface area contributed by atoms with E-state index in [1.54, 1.807) is 0 Å². The van der Waals surface area contributed by atoms with Gasteiger partial charge in [0.25, 0.3) is 0 Å². The first-order valence-corrected chi connectivity index (χ1v) is 9.91. The Bertz CT molecular complexity index is 1050. The van der Waals surface area contributed by atoms with Gasteiger partial charge >= 0.3 is 0 Å². The van der Waals surface area contributed by atoms with Gasteiger partial charge in [-0.05, 0) is 47.7 Å². The van der Waals surface area contributed by atoms with Crippen molar-refractivity contribution < 1.29 is 0 Å². The summed E-state index contributed by atoms with van der Waals surface area (Å²) in [6.07, 6.45) is 2.24. The van der Waals surface area contributed by atoms with Crippen molar-refractivity contribution in [3.05, 3.63) is 102 Å². The summed E-state index contributed by atoms with van der Waals surface area (Å²) in [5.74, 6) is 0. The molecule has 3 aromatic carbocycles. The summed E-state index contributed by atoms with van der Waals surface area (Å²) < 4.78 is 0. The predicted octanol–water partition coefficient (Wildman–Crippen LogP) is 7.13. The average Bonchev–Trinajstić information content (AvgIpc) is 2.74. The van der Waals surface area contributed by atoms with Gasteiger partial charge in [0.2, 0.25) is 21.1 Å². The standard InChI is InChI=1S/C25H19S/c1-3-9-18(10-4-1)23-17-24(20-12-5-2-6-13-20)26-25-21-14-8-7-11-19(21)15-16-22(23)25/h1-14,17H,15-16H2/q+1. The molecule has 1 aliphatic rings. The molecule has 0 nitrogen and oxygen atoms in total. The van der Waals surface area contributed by atoms with Gasteiger partial charge in [-0.2, -0.15) is 0 Å². The second kappa shape index (κ2) is 6.51. The largest absolute Gasteiger partial charge is 0.242 e. The first-order valence-electron chi connectivity index (χ1n) is 9.09. The molecule has 0 amide bonds. The molecule has 1 aliphatic carbocycles. The maximum Gasteiger partial charge on any atom is 0.242 e. The Morgan fingerprint density at radius 1 is 0.577 bits per heavy atom. The van der Waals surface area contributed by atoms with Gasteiger partial charge in [0.05, 0.1) is 0 Å². The summed E-state index contributed by atoms with van der Waals surface area (Å²) in [5.41, 5.74) is 8.37. The molecule has 0 atom stereocenters. The molecule has 0 radical (unpaired) electrons. The highest BCUT2D eigenvalue weighted by molar-refractivity contribution is 7.18. The zero-order valence-corrected chi connectivity index (χ0v) is 15.3. The highest BCUT2D eigenvalue weighted by atomic mass is 32.1. The monoisotopic (exact) mass is 351 g/mol. The van der Waals surface area contributed by atoms with Gasteiger partial charge in [-0.15, -0.1) is 0 Å². The van der Waals surface area contributed by atoms with Crippen LogP contribution in [0.5, 0.6) is 0 Å². The van der Waals surface area contributed by atoms with Crippen LogP contribution in [0.25, 0.3) is 32.0 Å². The summed E-state index contributed by atoms with van der Waals surface area (Å²) in [7, 11) is 0. The van der Waals surface area contributed by atoms with Gasteiger partial charge < -0.3 is 0 Å². The number of hydrogen-bond acceptors (Lipinski definition) is 0. The maximum absolute atomic E-state index is 2.39. The van der Waals surface area contributed by atoms with Crippen LogP contribution in [0.15, 0.2) is 91.0 Å². The Hall–Kier alpha value is -2.77. The highest BCUT2D eigenvalue weighted by Crippen LogP contribution is 2.45. The fourth-order valence-corrected chi connectivity index (χ4v) is 5.14. The molecule has 0 bridgehead atoms. The Kier molecular flexibility index (Phi) is 3.88. The van der Waals surface area contributed by atoms with E-state index in [2.05, 4.69) is 91.0 Å². The van der Waals surface area contributed by atoms with Crippen LogP contribution in [0, 0.1) is 0 Å². The highest BCUT2D eigenvalue weighted by Gasteiger charge is 2.29. The maximum atomic E-state index is 2.39. The van der Waals surface area contributed by atoms with Crippen molar-refractivity contribution in [2.45, 2.75) is 12.8 Å². The third kappa shape index (κ3) is 2.65. The molecule has 1 aromatic heterocycles. The van der Waals surface area contributed by atoms with Crippen molar-refractivity contribution in [2.24, 2.45) is 0 Å². The van der Waals surface area contributed by atoms with E-state index in [0.29, 0.717) is 0 Å². The number of fused-ring (bicyclic) bond motifs is 3. The minimum absolute atomic E-state index is 1.11. The van der Waals surface area contributed by atoms with Gasteiger partial charge in [-0.1, -0.05) is 66.7 Å². The summed E-state index contributed by atoms with van der Waals surface area (Å²) in [6.45, 7) is 0. The lowest BCUT2D eigenvalue weighted by atomic mass is 9.87. The van der Waals surface area contributed by atoms with E-state index < -0.39 is 0 Å². The molecule has 1 heterocycles. The van der Waals surface area contributed by atoms with Crippen molar-refractivity contribution in [1.29, 1.82) is 0 Å². The molecular weight excluding hydrogens is 332 g/mol. The molecule has 26 heavy (non-hydrogen) atoms. The molecule has 0 aliphatic heterocycles. The smallest absolute Gasteiger partial charge is 0.0622 e. The van der Waals surface area contributed by atoms with Gasteiger partial charge in [0.15, 0.2) is 0 Å². The Morgan fingerprint density at radius 3 is 2.00 bits per heavy atom. The van der Waals surface area contributed by atoms with E-state index in [9.17, 15) is 0 Å². The van der Waals surface area contributed by atoms with Crippen LogP contribution in [0.1, 0.15) is 11.1 Å². The quantitative estimate of drug-likeness (QED) is 0.337. The van der Waals surface area contributed by atoms with Crippen LogP contribution >= 0.6 is 11.3 Å². The molecule has 1 heteroatoms. The molecule has 0 saturated heterocycles. The van der Waals surface area contributed by atoms with E-state index in [-0.39, 0.29) is 0 Å². The number of benzene rings is 3. The zero-order chi connectivity index (χ0) is 17.3. The van der Waals surface area contributed by atoms with Gasteiger partial charge in [-0.25, -0.2) is 0 Å². The van der Waals surface area contributed by atoms with E-state index in [1.807, 2.05) is 11.3 Å². The molecule has 0 N–H and O–H groups in total. The van der Waals surface area contributed by atoms with Crippen LogP contribution in [-0.2, 0) is 12.8 Å². The molecule has 5 rings (SSSR count). The molecular formula is C25H19S+. The van der Waals surface area contributed by atoms with Crippen molar-refractivity contribution >= 4 is 11.3 Å². The molecule has 0 spiro atoms. The fourth-order valence-electron chi connectivity index (χ4n) is 3.85. The van der Waals surface area contributed by atoms with E-state index in [0.717, 1.165) is 12.8 Å². The third-order valence-electron chi connectivity index (χ3n) is 5.14. The second-order valence-electron chi connectivity index (χ2n) is 6.72. The lowest BCUT2D eigenvalue weighted by Crippen LogP contribution is -2.05. The van der Waals surface area contributed by atoms with Crippen molar-refractivity contribution in [2.75, 3.05) is 0 Å². The summed E-state index contributed by atoms with van der Waals surface area (Å²) in [6, 6.07) is 32.9. The van der Waals surface area contributed by atoms with Crippen LogP contribution in [0.2, 0.25) is 0 Å². The topological polar surface area (TPSA) is 0 Å². The minimum atomic E-state index is 1.11. The van der Waals surface area contributed by atoms with Gasteiger partial charge in [-0.3, -0.25) is 0 Å². The Morgan fingerprint density at radius 2 is 1.23 bits per heavy atom. The summed E-state index contributed by atoms with van der Waals surface area (Å²) in [4.78, 5) is 2.77. The molecule has 0 saturated carbocycles. The summed E-state index contributed by atoms with van der Waals surface area (Å²) >= 11 is 1.93. The van der Waals surface area contributed by atoms with Crippen LogP contribution in [-0.4, -0.2) is 0 Å². The molecule has 124 valence electrons. The SMILES string of the molecule is c1ccc(-c2cc(-c3ccccc3)c3c([s+]2)-c2ccccc2CC3)cc1. The number of rotatable bonds is 2. The molecule has 0 fully saturated rings. The number of hydrogen-bond donors (Lipinski definition) is 0. The van der Waals surface area contributed by atoms with Crippen molar-refractivity contribution in [3.63, 3.8) is 0 Å². The molecule has 4 aromatic rings. The Labute approximate surface area is 158 Å². The van der Waals surface area contributed by atoms with Crippen LogP contribution in [0.4, 0.5) is 0 Å². The normalized spacial score (nSPS) is 12.3. The van der Waals surface area contributed by atoms with Gasteiger partial charge in [0.1, 0.15) is 0 Å². The minimum Gasteiger partial charge on any atom is -0.0622 e. The van der Waals surface area contributed by atoms with Crippen LogP contribution in [0.3, 0.4) is 0 Å². The second-order valence-corrected chi connectivity index (χ2v) is 7.77. The van der Waals surface area contributed by atoms with E-state index in [4.69, 9.17) is 0 Å². The fraction of sp³-hybridized carbons (Fsp3) is 0.0800. The average molecular weight is 351 g/mol. The van der Waals surface area contributed by atoms with Crippen molar-refractivity contribution in [1.82, 2.24) is 0 Å². The molecule has 0 unspecified atom stereocenters. The van der Waals surface area contributed by atoms with E-state index in [1.165, 1.54) is 43.1 Å².